The van der Waals surface area contributed by atoms with Crippen molar-refractivity contribution in [3.8, 4) is 11.3 Å². The lowest BCUT2D eigenvalue weighted by Crippen LogP contribution is -2.28. The lowest BCUT2D eigenvalue weighted by molar-refractivity contribution is -0.143. The van der Waals surface area contributed by atoms with Crippen LogP contribution < -0.4 is 4.90 Å². The molecule has 0 bridgehead atoms. The zero-order chi connectivity index (χ0) is 32.5. The van der Waals surface area contributed by atoms with E-state index in [0.29, 0.717) is 16.1 Å². The first-order valence-corrected chi connectivity index (χ1v) is 13.8. The van der Waals surface area contributed by atoms with Gasteiger partial charge in [0, 0.05) is 23.3 Å². The van der Waals surface area contributed by atoms with Gasteiger partial charge in [-0.3, -0.25) is 9.78 Å². The number of halogens is 1. The van der Waals surface area contributed by atoms with Crippen LogP contribution >= 0.6 is 11.6 Å². The maximum Gasteiger partial charge on any atom is 0.374 e. The van der Waals surface area contributed by atoms with Gasteiger partial charge in [-0.25, -0.2) is 14.4 Å². The number of anilines is 1. The van der Waals surface area contributed by atoms with Gasteiger partial charge in [-0.1, -0.05) is 48.0 Å². The number of pyridine rings is 1. The Hall–Kier alpha value is -5.42. The zero-order valence-electron chi connectivity index (χ0n) is 24.9. The first kappa shape index (κ1) is 32.5. The Kier molecular flexibility index (Phi) is 10.7. The van der Waals surface area contributed by atoms with E-state index in [9.17, 15) is 19.2 Å². The quantitative estimate of drug-likeness (QED) is 0.114. The van der Waals surface area contributed by atoms with Gasteiger partial charge in [-0.15, -0.1) is 0 Å². The van der Waals surface area contributed by atoms with Crippen LogP contribution in [0.1, 0.15) is 38.6 Å². The molecule has 2 aromatic carbocycles. The molecule has 2 heterocycles. The molecule has 0 spiro atoms. The van der Waals surface area contributed by atoms with Crippen LogP contribution in [0.3, 0.4) is 0 Å². The van der Waals surface area contributed by atoms with Gasteiger partial charge >= 0.3 is 23.9 Å². The molecule has 0 atom stereocenters. The third-order valence-corrected chi connectivity index (χ3v) is 6.90. The number of methoxy groups -OCH3 is 4. The molecule has 45 heavy (non-hydrogen) atoms. The van der Waals surface area contributed by atoms with Crippen molar-refractivity contribution in [3.63, 3.8) is 0 Å². The van der Waals surface area contributed by atoms with E-state index >= 15 is 0 Å². The van der Waals surface area contributed by atoms with Crippen molar-refractivity contribution in [2.45, 2.75) is 13.0 Å². The van der Waals surface area contributed by atoms with E-state index in [1.165, 1.54) is 20.4 Å². The summed E-state index contributed by atoms with van der Waals surface area (Å²) in [6.07, 6.45) is 0.978. The molecule has 232 valence electrons. The molecule has 0 saturated heterocycles. The number of ether oxygens (including phenoxy) is 4. The van der Waals surface area contributed by atoms with Gasteiger partial charge in [0.25, 0.3) is 0 Å². The number of hydrogen-bond donors (Lipinski definition) is 0. The average molecular weight is 633 g/mol. The van der Waals surface area contributed by atoms with Crippen LogP contribution in [-0.4, -0.2) is 57.3 Å². The number of esters is 4. The molecule has 0 fully saturated rings. The highest BCUT2D eigenvalue weighted by atomic mass is 35.5. The zero-order valence-corrected chi connectivity index (χ0v) is 25.6. The molecule has 0 aliphatic carbocycles. The highest BCUT2D eigenvalue weighted by Gasteiger charge is 2.38. The minimum Gasteiger partial charge on any atom is -0.469 e. The average Bonchev–Trinajstić information content (AvgIpc) is 3.48. The summed E-state index contributed by atoms with van der Waals surface area (Å²) in [5.41, 5.74) is 1.04. The molecular formula is C33H29ClN2O9. The van der Waals surface area contributed by atoms with Crippen molar-refractivity contribution in [1.29, 1.82) is 0 Å². The minimum atomic E-state index is -0.956. The predicted octanol–water partition coefficient (Wildman–Crippen LogP) is 5.72. The second-order valence-corrected chi connectivity index (χ2v) is 9.77. The molecule has 0 aliphatic heterocycles. The number of nitrogens with zero attached hydrogens (tertiary/aromatic N) is 2. The molecule has 12 heteroatoms. The molecule has 2 aromatic heterocycles. The second kappa shape index (κ2) is 14.8. The summed E-state index contributed by atoms with van der Waals surface area (Å²) in [7, 11) is 4.64. The van der Waals surface area contributed by atoms with E-state index in [2.05, 4.69) is 4.98 Å². The fourth-order valence-corrected chi connectivity index (χ4v) is 4.72. The Morgan fingerprint density at radius 2 is 1.47 bits per heavy atom. The van der Waals surface area contributed by atoms with Gasteiger partial charge in [0.1, 0.15) is 11.3 Å². The van der Waals surface area contributed by atoms with E-state index in [4.69, 9.17) is 35.0 Å². The first-order chi connectivity index (χ1) is 21.7. The van der Waals surface area contributed by atoms with Crippen LogP contribution in [0, 0.1) is 0 Å². The molecule has 0 radical (unpaired) electrons. The maximum absolute atomic E-state index is 13.5. The van der Waals surface area contributed by atoms with Crippen molar-refractivity contribution in [2.24, 2.45) is 0 Å². The highest BCUT2D eigenvalue weighted by molar-refractivity contribution is 6.30. The van der Waals surface area contributed by atoms with E-state index in [-0.39, 0.29) is 40.5 Å². The number of aromatic nitrogens is 1. The molecule has 0 saturated carbocycles. The van der Waals surface area contributed by atoms with Crippen molar-refractivity contribution < 1.29 is 42.5 Å². The number of benzene rings is 2. The van der Waals surface area contributed by atoms with Crippen molar-refractivity contribution >= 4 is 46.9 Å². The van der Waals surface area contributed by atoms with Gasteiger partial charge in [-0.2, -0.15) is 0 Å². The van der Waals surface area contributed by atoms with Crippen LogP contribution in [0.2, 0.25) is 5.02 Å². The van der Waals surface area contributed by atoms with Crippen LogP contribution in [-0.2, 0) is 35.1 Å². The highest BCUT2D eigenvalue weighted by Crippen LogP contribution is 2.44. The SMILES string of the molecule is COC(=O)C/C(C(=O)OC)=C(/c1ccccn1)N(Cc1ccccc1)c1c(-c2ccc(Cl)cc2)oc(C(=O)OC)c1C(=O)OC. The van der Waals surface area contributed by atoms with E-state index in [1.54, 1.807) is 47.4 Å². The molecule has 0 unspecified atom stereocenters. The summed E-state index contributed by atoms with van der Waals surface area (Å²) in [6, 6.07) is 20.5. The summed E-state index contributed by atoms with van der Waals surface area (Å²) in [6.45, 7) is -0.0147. The minimum absolute atomic E-state index is 0.0147. The van der Waals surface area contributed by atoms with Gasteiger partial charge < -0.3 is 28.3 Å². The molecular weight excluding hydrogens is 604 g/mol. The van der Waals surface area contributed by atoms with Gasteiger partial charge in [0.2, 0.25) is 5.76 Å². The number of rotatable bonds is 11. The summed E-state index contributed by atoms with van der Waals surface area (Å²) < 4.78 is 26.2. The molecule has 0 amide bonds. The summed E-state index contributed by atoms with van der Waals surface area (Å²) >= 11 is 6.18. The fourth-order valence-electron chi connectivity index (χ4n) is 4.59. The van der Waals surface area contributed by atoms with Crippen LogP contribution in [0.15, 0.2) is 89.0 Å². The number of carbonyl (C=O) groups excluding carboxylic acids is 4. The van der Waals surface area contributed by atoms with Crippen molar-refractivity contribution in [3.05, 3.63) is 112 Å². The fraction of sp³-hybridized carbons (Fsp3) is 0.182. The standard InChI is InChI=1S/C33H29ClN2O9/c1-41-25(37)18-23(31(38)42-2)27(24-12-8-9-17-35-24)36(19-20-10-6-5-7-11-20)28-26(32(39)43-3)30(33(40)44-4)45-29(28)21-13-15-22(34)16-14-21/h5-17H,18-19H2,1-4H3/b27-23+. The largest absolute Gasteiger partial charge is 0.469 e. The monoisotopic (exact) mass is 632 g/mol. The first-order valence-electron chi connectivity index (χ1n) is 13.4. The normalized spacial score (nSPS) is 11.2. The van der Waals surface area contributed by atoms with Crippen LogP contribution in [0.4, 0.5) is 5.69 Å². The molecule has 11 nitrogen and oxygen atoms in total. The Morgan fingerprint density at radius 3 is 2.04 bits per heavy atom. The van der Waals surface area contributed by atoms with E-state index in [1.807, 2.05) is 30.3 Å². The smallest absolute Gasteiger partial charge is 0.374 e. The van der Waals surface area contributed by atoms with Crippen molar-refractivity contribution in [2.75, 3.05) is 33.3 Å². The lowest BCUT2D eigenvalue weighted by atomic mass is 10.0. The van der Waals surface area contributed by atoms with E-state index < -0.39 is 36.1 Å². The lowest BCUT2D eigenvalue weighted by Gasteiger charge is -2.30. The third-order valence-electron chi connectivity index (χ3n) is 6.65. The van der Waals surface area contributed by atoms with Gasteiger partial charge in [0.05, 0.1) is 51.8 Å². The number of carbonyl (C=O) groups is 4. The number of furan rings is 1. The summed E-state index contributed by atoms with van der Waals surface area (Å²) in [5, 5.41) is 0.425. The number of hydrogen-bond acceptors (Lipinski definition) is 11. The second-order valence-electron chi connectivity index (χ2n) is 9.33. The third kappa shape index (κ3) is 7.22. The Balaban J connectivity index is 2.23. The van der Waals surface area contributed by atoms with Gasteiger partial charge in [0.15, 0.2) is 5.76 Å². The molecule has 0 N–H and O–H groups in total. The summed E-state index contributed by atoms with van der Waals surface area (Å²) in [5.74, 6) is -3.89. The molecule has 0 aliphatic rings. The van der Waals surface area contributed by atoms with Crippen LogP contribution in [0.25, 0.3) is 17.0 Å². The summed E-state index contributed by atoms with van der Waals surface area (Å²) in [4.78, 5) is 58.8. The van der Waals surface area contributed by atoms with E-state index in [0.717, 1.165) is 14.2 Å². The predicted molar refractivity (Wildman–Crippen MR) is 164 cm³/mol. The van der Waals surface area contributed by atoms with Gasteiger partial charge in [-0.05, 0) is 42.0 Å². The Bertz CT molecular complexity index is 1720. The van der Waals surface area contributed by atoms with Crippen molar-refractivity contribution in [1.82, 2.24) is 4.98 Å². The van der Waals surface area contributed by atoms with Crippen LogP contribution in [0.5, 0.6) is 0 Å². The Morgan fingerprint density at radius 1 is 0.800 bits per heavy atom. The molecule has 4 rings (SSSR count). The molecule has 4 aromatic rings. The topological polar surface area (TPSA) is 134 Å². The Labute approximate surface area is 263 Å². The maximum atomic E-state index is 13.5.